The van der Waals surface area contributed by atoms with E-state index in [0.29, 0.717) is 17.4 Å². The fraction of sp³-hybridized carbons (Fsp3) is 0.786. The largest absolute Gasteiger partial charge is 0.314 e. The van der Waals surface area contributed by atoms with Crippen molar-refractivity contribution in [3.05, 3.63) is 18.0 Å². The van der Waals surface area contributed by atoms with Gasteiger partial charge in [0.25, 0.3) is 0 Å². The van der Waals surface area contributed by atoms with Gasteiger partial charge in [-0.2, -0.15) is 5.10 Å². The zero-order valence-electron chi connectivity index (χ0n) is 11.5. The van der Waals surface area contributed by atoms with Crippen LogP contribution in [0.2, 0.25) is 0 Å². The van der Waals surface area contributed by atoms with Gasteiger partial charge in [-0.05, 0) is 42.7 Å². The summed E-state index contributed by atoms with van der Waals surface area (Å²) in [6, 6.07) is 0.688. The predicted octanol–water partition coefficient (Wildman–Crippen LogP) is 2.69. The first-order chi connectivity index (χ1) is 8.17. The van der Waals surface area contributed by atoms with E-state index in [9.17, 15) is 0 Å². The van der Waals surface area contributed by atoms with Gasteiger partial charge in [-0.1, -0.05) is 20.8 Å². The number of nitrogens with one attached hydrogen (secondary N) is 1. The highest BCUT2D eigenvalue weighted by Gasteiger charge is 2.52. The fourth-order valence-electron chi connectivity index (χ4n) is 3.64. The van der Waals surface area contributed by atoms with Gasteiger partial charge < -0.3 is 5.32 Å². The van der Waals surface area contributed by atoms with Gasteiger partial charge in [0.1, 0.15) is 0 Å². The highest BCUT2D eigenvalue weighted by molar-refractivity contribution is 5.24. The zero-order chi connectivity index (χ0) is 12.5. The molecular formula is C14H25N3. The number of aromatic nitrogens is 2. The number of aryl methyl sites for hydroxylation is 1. The molecule has 1 aliphatic rings. The second kappa shape index (κ2) is 4.81. The Bertz CT molecular complexity index is 365. The molecule has 0 bridgehead atoms. The Morgan fingerprint density at radius 2 is 2.12 bits per heavy atom. The molecule has 0 spiro atoms. The van der Waals surface area contributed by atoms with Crippen molar-refractivity contribution in [3.8, 4) is 0 Å². The van der Waals surface area contributed by atoms with E-state index in [2.05, 4.69) is 37.4 Å². The van der Waals surface area contributed by atoms with E-state index in [1.165, 1.54) is 24.8 Å². The van der Waals surface area contributed by atoms with Crippen molar-refractivity contribution in [2.75, 3.05) is 6.54 Å². The van der Waals surface area contributed by atoms with Crippen LogP contribution in [0.4, 0.5) is 0 Å². The van der Waals surface area contributed by atoms with E-state index in [4.69, 9.17) is 0 Å². The van der Waals surface area contributed by atoms with Crippen molar-refractivity contribution in [1.29, 1.82) is 0 Å². The molecule has 1 aromatic rings. The summed E-state index contributed by atoms with van der Waals surface area (Å²) >= 11 is 0. The van der Waals surface area contributed by atoms with Gasteiger partial charge in [0.05, 0.1) is 6.20 Å². The molecule has 17 heavy (non-hydrogen) atoms. The third-order valence-electron chi connectivity index (χ3n) is 4.75. The normalized spacial score (nSPS) is 26.8. The minimum atomic E-state index is 0.443. The van der Waals surface area contributed by atoms with Crippen LogP contribution in [-0.2, 0) is 7.05 Å². The van der Waals surface area contributed by atoms with Crippen LogP contribution in [0.5, 0.6) is 0 Å². The predicted molar refractivity (Wildman–Crippen MR) is 71.0 cm³/mol. The number of hydrogen-bond acceptors (Lipinski definition) is 2. The average Bonchev–Trinajstić information content (AvgIpc) is 2.72. The minimum absolute atomic E-state index is 0.443. The third kappa shape index (κ3) is 1.90. The van der Waals surface area contributed by atoms with Gasteiger partial charge in [-0.3, -0.25) is 4.68 Å². The van der Waals surface area contributed by atoms with E-state index in [-0.39, 0.29) is 0 Å². The first-order valence-electron chi connectivity index (χ1n) is 6.89. The van der Waals surface area contributed by atoms with Crippen molar-refractivity contribution >= 4 is 0 Å². The van der Waals surface area contributed by atoms with Crippen molar-refractivity contribution in [3.63, 3.8) is 0 Å². The Morgan fingerprint density at radius 1 is 1.41 bits per heavy atom. The number of nitrogens with zero attached hydrogens (tertiary/aromatic N) is 2. The number of rotatable bonds is 5. The smallest absolute Gasteiger partial charge is 0.0524 e. The topological polar surface area (TPSA) is 29.9 Å². The minimum Gasteiger partial charge on any atom is -0.314 e. The molecule has 2 atom stereocenters. The first kappa shape index (κ1) is 12.6. The molecule has 96 valence electrons. The Kier molecular flexibility index (Phi) is 3.57. The monoisotopic (exact) mass is 235 g/mol. The van der Waals surface area contributed by atoms with Gasteiger partial charge >= 0.3 is 0 Å². The molecule has 2 unspecified atom stereocenters. The molecule has 3 nitrogen and oxygen atoms in total. The summed E-state index contributed by atoms with van der Waals surface area (Å²) in [6.07, 6.45) is 8.00. The molecule has 3 heteroatoms. The molecule has 1 aromatic heterocycles. The molecule has 1 N–H and O–H groups in total. The van der Waals surface area contributed by atoms with Crippen LogP contribution in [0.15, 0.2) is 12.4 Å². The zero-order valence-corrected chi connectivity index (χ0v) is 11.5. The standard InChI is InChI=1S/C14H25N3/c1-5-14(6-2)12(8-13(14)15-7-3)11-9-16-17(4)10-11/h9-10,12-13,15H,5-8H2,1-4H3. The molecule has 2 rings (SSSR count). The molecule has 1 heterocycles. The summed E-state index contributed by atoms with van der Waals surface area (Å²) in [4.78, 5) is 0. The highest BCUT2D eigenvalue weighted by atomic mass is 15.2. The summed E-state index contributed by atoms with van der Waals surface area (Å²) in [5.74, 6) is 0.690. The molecule has 1 saturated carbocycles. The van der Waals surface area contributed by atoms with Gasteiger partial charge in [0, 0.05) is 19.3 Å². The van der Waals surface area contributed by atoms with Crippen LogP contribution >= 0.6 is 0 Å². The summed E-state index contributed by atoms with van der Waals surface area (Å²) in [5.41, 5.74) is 1.87. The lowest BCUT2D eigenvalue weighted by atomic mass is 9.52. The highest BCUT2D eigenvalue weighted by Crippen LogP contribution is 2.57. The van der Waals surface area contributed by atoms with Crippen LogP contribution in [0, 0.1) is 5.41 Å². The second-order valence-corrected chi connectivity index (χ2v) is 5.29. The summed E-state index contributed by atoms with van der Waals surface area (Å²) in [5, 5.41) is 7.98. The van der Waals surface area contributed by atoms with Crippen molar-refractivity contribution in [2.45, 2.75) is 52.0 Å². The van der Waals surface area contributed by atoms with Gasteiger partial charge in [0.2, 0.25) is 0 Å². The van der Waals surface area contributed by atoms with Gasteiger partial charge in [0.15, 0.2) is 0 Å². The van der Waals surface area contributed by atoms with E-state index >= 15 is 0 Å². The quantitative estimate of drug-likeness (QED) is 0.850. The lowest BCUT2D eigenvalue weighted by Gasteiger charge is -2.56. The van der Waals surface area contributed by atoms with Crippen molar-refractivity contribution < 1.29 is 0 Å². The van der Waals surface area contributed by atoms with Crippen molar-refractivity contribution in [2.24, 2.45) is 12.5 Å². The molecule has 1 fully saturated rings. The van der Waals surface area contributed by atoms with E-state index in [0.717, 1.165) is 6.54 Å². The Morgan fingerprint density at radius 3 is 2.59 bits per heavy atom. The van der Waals surface area contributed by atoms with Crippen LogP contribution in [0.3, 0.4) is 0 Å². The average molecular weight is 235 g/mol. The molecule has 0 radical (unpaired) electrons. The van der Waals surface area contributed by atoms with Gasteiger partial charge in [-0.15, -0.1) is 0 Å². The van der Waals surface area contributed by atoms with Crippen LogP contribution < -0.4 is 5.32 Å². The molecule has 0 amide bonds. The maximum atomic E-state index is 4.32. The molecule has 1 aliphatic carbocycles. The maximum absolute atomic E-state index is 4.32. The Labute approximate surface area is 105 Å². The summed E-state index contributed by atoms with van der Waals surface area (Å²) in [7, 11) is 2.00. The van der Waals surface area contributed by atoms with Gasteiger partial charge in [-0.25, -0.2) is 0 Å². The van der Waals surface area contributed by atoms with Crippen LogP contribution in [0.1, 0.15) is 51.5 Å². The summed E-state index contributed by atoms with van der Waals surface area (Å²) < 4.78 is 1.92. The molecule has 0 aromatic carbocycles. The van der Waals surface area contributed by atoms with E-state index in [1.54, 1.807) is 0 Å². The molecule has 0 aliphatic heterocycles. The third-order valence-corrected chi connectivity index (χ3v) is 4.75. The molecule has 0 saturated heterocycles. The molecular weight excluding hydrogens is 210 g/mol. The second-order valence-electron chi connectivity index (χ2n) is 5.29. The lowest BCUT2D eigenvalue weighted by Crippen LogP contribution is -2.58. The van der Waals surface area contributed by atoms with E-state index < -0.39 is 0 Å². The number of hydrogen-bond donors (Lipinski definition) is 1. The summed E-state index contributed by atoms with van der Waals surface area (Å²) in [6.45, 7) is 7.94. The van der Waals surface area contributed by atoms with Crippen LogP contribution in [0.25, 0.3) is 0 Å². The van der Waals surface area contributed by atoms with E-state index in [1.807, 2.05) is 17.9 Å². The SMILES string of the molecule is CCNC1CC(c2cnn(C)c2)C1(CC)CC. The fourth-order valence-corrected chi connectivity index (χ4v) is 3.64. The Hall–Kier alpha value is -0.830. The Balaban J connectivity index is 2.20. The van der Waals surface area contributed by atoms with Crippen molar-refractivity contribution in [1.82, 2.24) is 15.1 Å². The lowest BCUT2D eigenvalue weighted by molar-refractivity contribution is 0.0210. The van der Waals surface area contributed by atoms with Crippen LogP contribution in [-0.4, -0.2) is 22.4 Å². The maximum Gasteiger partial charge on any atom is 0.0524 e. The first-order valence-corrected chi connectivity index (χ1v) is 6.89.